The van der Waals surface area contributed by atoms with Gasteiger partial charge >= 0.3 is 0 Å². The summed E-state index contributed by atoms with van der Waals surface area (Å²) in [5, 5.41) is 22.4. The van der Waals surface area contributed by atoms with Crippen LogP contribution in [0.3, 0.4) is 0 Å². The second-order valence-corrected chi connectivity index (χ2v) is 5.94. The lowest BCUT2D eigenvalue weighted by Crippen LogP contribution is -2.34. The molecular formula is C17H24N2O. The molecule has 1 atom stereocenters. The lowest BCUT2D eigenvalue weighted by molar-refractivity contribution is 0.163. The average Bonchev–Trinajstić information content (AvgIpc) is 2.96. The third-order valence-corrected chi connectivity index (χ3v) is 4.68. The largest absolute Gasteiger partial charge is 0.387 e. The van der Waals surface area contributed by atoms with E-state index in [4.69, 9.17) is 5.26 Å². The number of rotatable bonds is 6. The Bertz CT molecular complexity index is 455. The molecule has 0 saturated heterocycles. The Morgan fingerprint density at radius 3 is 2.50 bits per heavy atom. The molecule has 0 radical (unpaired) electrons. The average molecular weight is 272 g/mol. The fourth-order valence-electron chi connectivity index (χ4n) is 3.15. The van der Waals surface area contributed by atoms with E-state index in [1.807, 2.05) is 12.1 Å². The van der Waals surface area contributed by atoms with Crippen LogP contribution in [0.2, 0.25) is 0 Å². The zero-order valence-corrected chi connectivity index (χ0v) is 12.2. The van der Waals surface area contributed by atoms with E-state index in [9.17, 15) is 5.11 Å². The summed E-state index contributed by atoms with van der Waals surface area (Å²) in [7, 11) is 0. The molecule has 2 rings (SSSR count). The van der Waals surface area contributed by atoms with Crippen molar-refractivity contribution in [3.63, 3.8) is 0 Å². The number of nitriles is 1. The smallest absolute Gasteiger partial charge is 0.0991 e. The first-order valence-electron chi connectivity index (χ1n) is 7.58. The van der Waals surface area contributed by atoms with Crippen LogP contribution in [0.1, 0.15) is 56.3 Å². The first-order valence-corrected chi connectivity index (χ1v) is 7.58. The highest BCUT2D eigenvalue weighted by Gasteiger charge is 2.31. The molecular weight excluding hydrogens is 248 g/mol. The SMILES string of the molecule is CCC1(CNCC(O)c2ccc(C#N)cc2)CCCC1. The zero-order chi connectivity index (χ0) is 14.4. The molecule has 0 heterocycles. The van der Waals surface area contributed by atoms with Crippen molar-refractivity contribution in [2.45, 2.75) is 45.1 Å². The number of aliphatic hydroxyl groups excluding tert-OH is 1. The molecule has 0 amide bonds. The van der Waals surface area contributed by atoms with Gasteiger partial charge in [0.05, 0.1) is 17.7 Å². The van der Waals surface area contributed by atoms with E-state index >= 15 is 0 Å². The van der Waals surface area contributed by atoms with Gasteiger partial charge in [-0.15, -0.1) is 0 Å². The first kappa shape index (κ1) is 15.0. The van der Waals surface area contributed by atoms with Crippen LogP contribution in [0.5, 0.6) is 0 Å². The molecule has 2 N–H and O–H groups in total. The number of nitrogens with one attached hydrogen (secondary N) is 1. The molecule has 0 aromatic heterocycles. The number of hydrogen-bond acceptors (Lipinski definition) is 3. The van der Waals surface area contributed by atoms with Crippen LogP contribution in [0.4, 0.5) is 0 Å². The van der Waals surface area contributed by atoms with Gasteiger partial charge in [-0.05, 0) is 42.4 Å². The molecule has 3 heteroatoms. The van der Waals surface area contributed by atoms with E-state index in [2.05, 4.69) is 18.3 Å². The van der Waals surface area contributed by atoms with Gasteiger partial charge in [-0.3, -0.25) is 0 Å². The lowest BCUT2D eigenvalue weighted by atomic mass is 9.83. The summed E-state index contributed by atoms with van der Waals surface area (Å²) in [5.41, 5.74) is 1.95. The summed E-state index contributed by atoms with van der Waals surface area (Å²) in [6.45, 7) is 3.84. The van der Waals surface area contributed by atoms with E-state index in [0.29, 0.717) is 17.5 Å². The number of nitrogens with zero attached hydrogens (tertiary/aromatic N) is 1. The molecule has 1 aliphatic rings. The number of hydrogen-bond donors (Lipinski definition) is 2. The summed E-state index contributed by atoms with van der Waals surface area (Å²) in [4.78, 5) is 0. The van der Waals surface area contributed by atoms with Crippen molar-refractivity contribution >= 4 is 0 Å². The molecule has 0 spiro atoms. The Labute approximate surface area is 121 Å². The summed E-state index contributed by atoms with van der Waals surface area (Å²) < 4.78 is 0. The minimum absolute atomic E-state index is 0.449. The summed E-state index contributed by atoms with van der Waals surface area (Å²) in [6, 6.07) is 9.25. The van der Waals surface area contributed by atoms with Crippen molar-refractivity contribution in [3.05, 3.63) is 35.4 Å². The molecule has 1 aliphatic carbocycles. The fourth-order valence-corrected chi connectivity index (χ4v) is 3.15. The maximum atomic E-state index is 10.2. The van der Waals surface area contributed by atoms with Crippen LogP contribution in [-0.4, -0.2) is 18.2 Å². The Morgan fingerprint density at radius 2 is 1.95 bits per heavy atom. The van der Waals surface area contributed by atoms with Gasteiger partial charge in [-0.1, -0.05) is 31.9 Å². The standard InChI is InChI=1S/C17H24N2O/c1-2-17(9-3-4-10-17)13-19-12-16(20)15-7-5-14(11-18)6-8-15/h5-8,16,19-20H,2-4,9-10,12-13H2,1H3. The second-order valence-electron chi connectivity index (χ2n) is 5.94. The molecule has 0 aliphatic heterocycles. The summed E-state index contributed by atoms with van der Waals surface area (Å²) >= 11 is 0. The molecule has 3 nitrogen and oxygen atoms in total. The molecule has 0 bridgehead atoms. The van der Waals surface area contributed by atoms with Gasteiger partial charge in [0.25, 0.3) is 0 Å². The normalized spacial score (nSPS) is 18.6. The van der Waals surface area contributed by atoms with Gasteiger partial charge in [-0.2, -0.15) is 5.26 Å². The van der Waals surface area contributed by atoms with Crippen molar-refractivity contribution in [1.82, 2.24) is 5.32 Å². The van der Waals surface area contributed by atoms with Crippen LogP contribution in [0.15, 0.2) is 24.3 Å². The van der Waals surface area contributed by atoms with E-state index < -0.39 is 6.10 Å². The Hall–Kier alpha value is -1.37. The van der Waals surface area contributed by atoms with Crippen LogP contribution in [0, 0.1) is 16.7 Å². The van der Waals surface area contributed by atoms with Crippen molar-refractivity contribution in [1.29, 1.82) is 5.26 Å². The van der Waals surface area contributed by atoms with Crippen molar-refractivity contribution < 1.29 is 5.11 Å². The van der Waals surface area contributed by atoms with E-state index in [1.165, 1.54) is 32.1 Å². The molecule has 1 unspecified atom stereocenters. The Morgan fingerprint density at radius 1 is 1.30 bits per heavy atom. The fraction of sp³-hybridized carbons (Fsp3) is 0.588. The maximum Gasteiger partial charge on any atom is 0.0991 e. The molecule has 108 valence electrons. The van der Waals surface area contributed by atoms with Crippen LogP contribution in [0.25, 0.3) is 0 Å². The Balaban J connectivity index is 1.82. The van der Waals surface area contributed by atoms with Crippen LogP contribution >= 0.6 is 0 Å². The Kier molecular flexibility index (Phi) is 5.17. The maximum absolute atomic E-state index is 10.2. The van der Waals surface area contributed by atoms with Crippen LogP contribution in [-0.2, 0) is 0 Å². The molecule has 20 heavy (non-hydrogen) atoms. The van der Waals surface area contributed by atoms with Crippen LogP contribution < -0.4 is 5.32 Å². The second kappa shape index (κ2) is 6.88. The molecule has 1 saturated carbocycles. The van der Waals surface area contributed by atoms with Crippen molar-refractivity contribution in [3.8, 4) is 6.07 Å². The van der Waals surface area contributed by atoms with E-state index in [-0.39, 0.29) is 0 Å². The van der Waals surface area contributed by atoms with Crippen molar-refractivity contribution in [2.24, 2.45) is 5.41 Å². The minimum atomic E-state index is -0.502. The van der Waals surface area contributed by atoms with Gasteiger partial charge in [0.2, 0.25) is 0 Å². The van der Waals surface area contributed by atoms with Gasteiger partial charge < -0.3 is 10.4 Å². The van der Waals surface area contributed by atoms with Crippen molar-refractivity contribution in [2.75, 3.05) is 13.1 Å². The summed E-state index contributed by atoms with van der Waals surface area (Å²) in [6.07, 6.45) is 6.01. The van der Waals surface area contributed by atoms with Gasteiger partial charge in [-0.25, -0.2) is 0 Å². The predicted molar refractivity (Wildman–Crippen MR) is 80.2 cm³/mol. The minimum Gasteiger partial charge on any atom is -0.387 e. The topological polar surface area (TPSA) is 56.0 Å². The first-order chi connectivity index (χ1) is 9.69. The third kappa shape index (κ3) is 3.59. The highest BCUT2D eigenvalue weighted by atomic mass is 16.3. The van der Waals surface area contributed by atoms with Gasteiger partial charge in [0.15, 0.2) is 0 Å². The summed E-state index contributed by atoms with van der Waals surface area (Å²) in [5.74, 6) is 0. The molecule has 1 aromatic carbocycles. The lowest BCUT2D eigenvalue weighted by Gasteiger charge is -2.28. The van der Waals surface area contributed by atoms with Gasteiger partial charge in [0, 0.05) is 13.1 Å². The number of benzene rings is 1. The monoisotopic (exact) mass is 272 g/mol. The zero-order valence-electron chi connectivity index (χ0n) is 12.2. The van der Waals surface area contributed by atoms with E-state index in [1.54, 1.807) is 12.1 Å². The van der Waals surface area contributed by atoms with Gasteiger partial charge in [0.1, 0.15) is 0 Å². The third-order valence-electron chi connectivity index (χ3n) is 4.68. The predicted octanol–water partition coefficient (Wildman–Crippen LogP) is 3.15. The quantitative estimate of drug-likeness (QED) is 0.836. The molecule has 1 aromatic rings. The highest BCUT2D eigenvalue weighted by molar-refractivity contribution is 5.32. The van der Waals surface area contributed by atoms with E-state index in [0.717, 1.165) is 12.1 Å². The number of aliphatic hydroxyl groups is 1. The molecule has 1 fully saturated rings. The highest BCUT2D eigenvalue weighted by Crippen LogP contribution is 2.40.